The number of fused-ring (bicyclic) bond motifs is 2. The van der Waals surface area contributed by atoms with E-state index in [2.05, 4.69) is 4.81 Å². The van der Waals surface area contributed by atoms with Gasteiger partial charge in [0.25, 0.3) is 5.69 Å². The van der Waals surface area contributed by atoms with Crippen LogP contribution in [0.25, 0.3) is 0 Å². The molecule has 5 rings (SSSR count). The largest absolute Gasteiger partial charge is 0.701 e. The first-order chi connectivity index (χ1) is 15.7. The van der Waals surface area contributed by atoms with E-state index in [1.165, 1.54) is 12.1 Å². The molecule has 32 heavy (non-hydrogen) atoms. The van der Waals surface area contributed by atoms with E-state index in [9.17, 15) is 10.1 Å². The number of hydrogen-bond acceptors (Lipinski definition) is 7. The average Bonchev–Trinajstić information content (AvgIpc) is 3.42. The van der Waals surface area contributed by atoms with E-state index in [4.69, 9.17) is 18.6 Å². The van der Waals surface area contributed by atoms with Crippen molar-refractivity contribution in [2.75, 3.05) is 6.54 Å². The van der Waals surface area contributed by atoms with Crippen LogP contribution in [0.5, 0.6) is 23.0 Å². The molecule has 2 aliphatic rings. The number of non-ortho nitro benzene ring substituents is 1. The summed E-state index contributed by atoms with van der Waals surface area (Å²) in [6.07, 6.45) is 1.48. The zero-order valence-corrected chi connectivity index (χ0v) is 17.3. The zero-order chi connectivity index (χ0) is 21.9. The minimum atomic E-state index is -0.579. The van der Waals surface area contributed by atoms with Gasteiger partial charge < -0.3 is 18.6 Å². The number of nitro groups is 1. The third-order valence-electron chi connectivity index (χ3n) is 5.39. The molecule has 0 radical (unpaired) electrons. The van der Waals surface area contributed by atoms with E-state index in [0.29, 0.717) is 30.9 Å². The molecule has 3 aromatic rings. The van der Waals surface area contributed by atoms with Gasteiger partial charge in [-0.1, -0.05) is 36.4 Å². The second-order valence-electron chi connectivity index (χ2n) is 7.64. The second kappa shape index (κ2) is 8.84. The highest BCUT2D eigenvalue weighted by Gasteiger charge is 2.40. The SMILES string of the molecule is O=[N+]([O-])c1ccc(CN(CCCB2Oc3ccccc3O2)B2Oc3ccccc3O2)cc1. The smallest absolute Gasteiger partial charge is 0.523 e. The molecule has 0 spiro atoms. The molecule has 0 amide bonds. The van der Waals surface area contributed by atoms with Crippen molar-refractivity contribution in [1.82, 2.24) is 4.81 Å². The van der Waals surface area contributed by atoms with Gasteiger partial charge in [0.15, 0.2) is 0 Å². The quantitative estimate of drug-likeness (QED) is 0.301. The van der Waals surface area contributed by atoms with Crippen molar-refractivity contribution in [3.8, 4) is 23.0 Å². The highest BCUT2D eigenvalue weighted by molar-refractivity contribution is 6.47. The first kappa shape index (κ1) is 20.3. The molecule has 0 aliphatic carbocycles. The Kier molecular flexibility index (Phi) is 5.60. The molecule has 3 aromatic carbocycles. The summed E-state index contributed by atoms with van der Waals surface area (Å²) in [6, 6.07) is 21.7. The van der Waals surface area contributed by atoms with E-state index in [1.807, 2.05) is 48.5 Å². The van der Waals surface area contributed by atoms with Gasteiger partial charge >= 0.3 is 14.4 Å². The Morgan fingerprint density at radius 2 is 1.31 bits per heavy atom. The predicted octanol–water partition coefficient (Wildman–Crippen LogP) is 4.20. The van der Waals surface area contributed by atoms with Crippen molar-refractivity contribution in [3.05, 3.63) is 88.5 Å². The van der Waals surface area contributed by atoms with Crippen LogP contribution in [0, 0.1) is 10.1 Å². The van der Waals surface area contributed by atoms with Crippen LogP contribution in [0.4, 0.5) is 5.69 Å². The molecule has 2 aliphatic heterocycles. The van der Waals surface area contributed by atoms with Crippen molar-refractivity contribution in [2.45, 2.75) is 19.3 Å². The summed E-state index contributed by atoms with van der Waals surface area (Å²) in [5.74, 6) is 2.92. The number of benzene rings is 3. The molecule has 0 atom stereocenters. The van der Waals surface area contributed by atoms with Crippen LogP contribution in [0.15, 0.2) is 72.8 Å². The summed E-state index contributed by atoms with van der Waals surface area (Å²) in [4.78, 5) is 12.6. The van der Waals surface area contributed by atoms with Gasteiger partial charge in [0.1, 0.15) is 23.0 Å². The fraction of sp³-hybridized carbons (Fsp3) is 0.182. The highest BCUT2D eigenvalue weighted by Crippen LogP contribution is 2.35. The summed E-state index contributed by atoms with van der Waals surface area (Å²) < 4.78 is 23.7. The van der Waals surface area contributed by atoms with Gasteiger partial charge in [-0.2, -0.15) is 0 Å². The summed E-state index contributed by atoms with van der Waals surface area (Å²) in [7, 11) is -0.901. The van der Waals surface area contributed by atoms with Gasteiger partial charge in [0.2, 0.25) is 0 Å². The van der Waals surface area contributed by atoms with Crippen molar-refractivity contribution in [1.29, 1.82) is 0 Å². The first-order valence-corrected chi connectivity index (χ1v) is 10.5. The van der Waals surface area contributed by atoms with Crippen molar-refractivity contribution in [3.63, 3.8) is 0 Å². The Morgan fingerprint density at radius 1 is 0.781 bits per heavy atom. The lowest BCUT2D eigenvalue weighted by Gasteiger charge is -2.23. The molecule has 8 nitrogen and oxygen atoms in total. The maximum absolute atomic E-state index is 10.9. The zero-order valence-electron chi connectivity index (χ0n) is 17.3. The van der Waals surface area contributed by atoms with E-state index < -0.39 is 12.2 Å². The van der Waals surface area contributed by atoms with E-state index in [0.717, 1.165) is 23.5 Å². The minimum absolute atomic E-state index is 0.0659. The number of rotatable bonds is 8. The van der Waals surface area contributed by atoms with Crippen LogP contribution in [0.2, 0.25) is 6.32 Å². The molecule has 0 unspecified atom stereocenters. The van der Waals surface area contributed by atoms with Gasteiger partial charge in [-0.3, -0.25) is 14.9 Å². The Balaban J connectivity index is 1.24. The van der Waals surface area contributed by atoms with Gasteiger partial charge in [0.05, 0.1) is 4.92 Å². The Hall–Kier alpha value is -3.65. The lowest BCUT2D eigenvalue weighted by molar-refractivity contribution is -0.384. The third kappa shape index (κ3) is 4.36. The molecular formula is C22H20B2N2O6. The Labute approximate surface area is 186 Å². The van der Waals surface area contributed by atoms with E-state index in [-0.39, 0.29) is 12.8 Å². The second-order valence-corrected chi connectivity index (χ2v) is 7.64. The van der Waals surface area contributed by atoms with Crippen LogP contribution in [-0.4, -0.2) is 30.7 Å². The summed E-state index contributed by atoms with van der Waals surface area (Å²) in [5.41, 5.74) is 0.996. The molecule has 10 heteroatoms. The fourth-order valence-electron chi connectivity index (χ4n) is 3.78. The Morgan fingerprint density at radius 3 is 1.84 bits per heavy atom. The lowest BCUT2D eigenvalue weighted by atomic mass is 9.83. The predicted molar refractivity (Wildman–Crippen MR) is 120 cm³/mol. The van der Waals surface area contributed by atoms with E-state index >= 15 is 0 Å². The van der Waals surface area contributed by atoms with Crippen LogP contribution < -0.4 is 18.6 Å². The maximum Gasteiger partial charge on any atom is 0.701 e. The van der Waals surface area contributed by atoms with E-state index in [1.54, 1.807) is 12.1 Å². The molecule has 0 saturated carbocycles. The molecule has 0 bridgehead atoms. The van der Waals surface area contributed by atoms with Gasteiger partial charge in [0, 0.05) is 25.0 Å². The van der Waals surface area contributed by atoms with Crippen LogP contribution in [0.1, 0.15) is 12.0 Å². The third-order valence-corrected chi connectivity index (χ3v) is 5.39. The highest BCUT2D eigenvalue weighted by atomic mass is 16.6. The molecule has 0 saturated heterocycles. The van der Waals surface area contributed by atoms with Gasteiger partial charge in [-0.05, 0) is 42.8 Å². The van der Waals surface area contributed by atoms with Gasteiger partial charge in [-0.15, -0.1) is 0 Å². The summed E-state index contributed by atoms with van der Waals surface area (Å²) >= 11 is 0. The maximum atomic E-state index is 10.9. The molecule has 2 heterocycles. The standard InChI is InChI=1S/C22H20B2N2O6/c27-26(28)18-12-10-17(11-13-18)16-25(24-31-21-8-3-4-9-22(21)32-24)15-5-14-23-29-19-6-1-2-7-20(19)30-23/h1-4,6-13H,5,14-16H2. The number of nitrogens with zero attached hydrogens (tertiary/aromatic N) is 2. The molecule has 0 fully saturated rings. The average molecular weight is 430 g/mol. The minimum Gasteiger partial charge on any atom is -0.523 e. The molecular weight excluding hydrogens is 410 g/mol. The van der Waals surface area contributed by atoms with Crippen LogP contribution in [-0.2, 0) is 6.54 Å². The van der Waals surface area contributed by atoms with Gasteiger partial charge in [-0.25, -0.2) is 0 Å². The van der Waals surface area contributed by atoms with Crippen LogP contribution in [0.3, 0.4) is 0 Å². The van der Waals surface area contributed by atoms with Crippen LogP contribution >= 0.6 is 0 Å². The molecule has 160 valence electrons. The van der Waals surface area contributed by atoms with Crippen molar-refractivity contribution >= 4 is 20.1 Å². The monoisotopic (exact) mass is 430 g/mol. The lowest BCUT2D eigenvalue weighted by Crippen LogP contribution is -2.46. The van der Waals surface area contributed by atoms with Crippen molar-refractivity contribution in [2.24, 2.45) is 0 Å². The topological polar surface area (TPSA) is 83.3 Å². The number of para-hydroxylation sites is 4. The normalized spacial score (nSPS) is 13.7. The molecule has 0 N–H and O–H groups in total. The number of hydrogen-bond donors (Lipinski definition) is 0. The van der Waals surface area contributed by atoms with Crippen molar-refractivity contribution < 1.29 is 23.5 Å². The number of nitro benzene ring substituents is 1. The first-order valence-electron chi connectivity index (χ1n) is 10.5. The molecule has 0 aromatic heterocycles. The summed E-state index contributed by atoms with van der Waals surface area (Å²) in [5, 5.41) is 10.9. The Bertz CT molecular complexity index is 1060. The summed E-state index contributed by atoms with van der Waals surface area (Å²) in [6.45, 7) is 1.18. The fourth-order valence-corrected chi connectivity index (χ4v) is 3.78.